The standard InChI is InChI=1S/C22H32N2O3/c1-2-3-15-24-19-9-6-11-21(17(19)12-13-22(24)26)27-16-7-14-23-18-8-4-5-10-20(18)25/h2-3,6,9,11,18,20,23,25H,4-5,7-8,10,12-16H2,1H3. The van der Waals surface area contributed by atoms with E-state index in [2.05, 4.69) is 5.32 Å². The summed E-state index contributed by atoms with van der Waals surface area (Å²) < 4.78 is 6.05. The van der Waals surface area contributed by atoms with Gasteiger partial charge < -0.3 is 20.1 Å². The summed E-state index contributed by atoms with van der Waals surface area (Å²) in [5.74, 6) is 1.07. The number of nitrogens with zero attached hydrogens (tertiary/aromatic N) is 1. The average molecular weight is 373 g/mol. The molecule has 1 saturated carbocycles. The molecule has 1 aliphatic carbocycles. The first-order valence-corrected chi connectivity index (χ1v) is 10.3. The maximum absolute atomic E-state index is 12.3. The van der Waals surface area contributed by atoms with E-state index in [1.54, 1.807) is 0 Å². The lowest BCUT2D eigenvalue weighted by molar-refractivity contribution is -0.118. The Labute approximate surface area is 162 Å². The summed E-state index contributed by atoms with van der Waals surface area (Å²) in [5, 5.41) is 13.5. The van der Waals surface area contributed by atoms with E-state index < -0.39 is 0 Å². The van der Waals surface area contributed by atoms with Crippen LogP contribution in [0.1, 0.15) is 51.0 Å². The van der Waals surface area contributed by atoms with E-state index in [0.717, 1.165) is 55.6 Å². The first-order chi connectivity index (χ1) is 13.2. The minimum absolute atomic E-state index is 0.174. The molecule has 3 rings (SSSR count). The molecule has 1 aromatic carbocycles. The van der Waals surface area contributed by atoms with Crippen LogP contribution in [0.4, 0.5) is 5.69 Å². The molecule has 1 aromatic rings. The third-order valence-corrected chi connectivity index (χ3v) is 5.53. The van der Waals surface area contributed by atoms with Gasteiger partial charge in [-0.15, -0.1) is 0 Å². The highest BCUT2D eigenvalue weighted by atomic mass is 16.5. The number of carbonyl (C=O) groups is 1. The van der Waals surface area contributed by atoms with Crippen molar-refractivity contribution in [2.75, 3.05) is 24.6 Å². The zero-order valence-corrected chi connectivity index (χ0v) is 16.3. The molecule has 27 heavy (non-hydrogen) atoms. The highest BCUT2D eigenvalue weighted by Crippen LogP contribution is 2.34. The number of allylic oxidation sites excluding steroid dienone is 1. The number of rotatable bonds is 8. The lowest BCUT2D eigenvalue weighted by atomic mass is 9.92. The Morgan fingerprint density at radius 1 is 1.30 bits per heavy atom. The first-order valence-electron chi connectivity index (χ1n) is 10.3. The summed E-state index contributed by atoms with van der Waals surface area (Å²) in [6, 6.07) is 6.20. The van der Waals surface area contributed by atoms with Gasteiger partial charge in [0.1, 0.15) is 5.75 Å². The smallest absolute Gasteiger partial charge is 0.227 e. The van der Waals surface area contributed by atoms with Crippen molar-refractivity contribution in [3.8, 4) is 5.75 Å². The molecule has 0 aromatic heterocycles. The summed E-state index contributed by atoms with van der Waals surface area (Å²) in [7, 11) is 0. The lowest BCUT2D eigenvalue weighted by Crippen LogP contribution is -2.42. The van der Waals surface area contributed by atoms with Crippen LogP contribution in [0, 0.1) is 0 Å². The van der Waals surface area contributed by atoms with Gasteiger partial charge in [0.15, 0.2) is 0 Å². The Hall–Kier alpha value is -1.85. The molecule has 2 atom stereocenters. The lowest BCUT2D eigenvalue weighted by Gasteiger charge is -2.30. The highest BCUT2D eigenvalue weighted by Gasteiger charge is 2.25. The van der Waals surface area contributed by atoms with Crippen molar-refractivity contribution in [1.29, 1.82) is 0 Å². The van der Waals surface area contributed by atoms with E-state index in [9.17, 15) is 9.90 Å². The Balaban J connectivity index is 1.52. The van der Waals surface area contributed by atoms with Crippen LogP contribution in [0.3, 0.4) is 0 Å². The molecule has 0 spiro atoms. The third-order valence-electron chi connectivity index (χ3n) is 5.53. The maximum Gasteiger partial charge on any atom is 0.227 e. The minimum atomic E-state index is -0.207. The van der Waals surface area contributed by atoms with Crippen molar-refractivity contribution in [2.24, 2.45) is 0 Å². The minimum Gasteiger partial charge on any atom is -0.493 e. The molecule has 5 nitrogen and oxygen atoms in total. The monoisotopic (exact) mass is 372 g/mol. The molecule has 0 bridgehead atoms. The molecule has 5 heteroatoms. The second kappa shape index (κ2) is 9.90. The zero-order chi connectivity index (χ0) is 19.1. The molecule has 0 radical (unpaired) electrons. The van der Waals surface area contributed by atoms with Crippen LogP contribution in [-0.2, 0) is 11.2 Å². The fraction of sp³-hybridized carbons (Fsp3) is 0.591. The van der Waals surface area contributed by atoms with Gasteiger partial charge in [0.2, 0.25) is 5.91 Å². The van der Waals surface area contributed by atoms with Gasteiger partial charge in [-0.3, -0.25) is 4.79 Å². The van der Waals surface area contributed by atoms with Gasteiger partial charge in [-0.1, -0.05) is 31.1 Å². The molecular weight excluding hydrogens is 340 g/mol. The topological polar surface area (TPSA) is 61.8 Å². The quantitative estimate of drug-likeness (QED) is 0.543. The van der Waals surface area contributed by atoms with E-state index in [1.165, 1.54) is 6.42 Å². The number of ether oxygens (including phenoxy) is 1. The highest BCUT2D eigenvalue weighted by molar-refractivity contribution is 5.97. The second-order valence-corrected chi connectivity index (χ2v) is 7.44. The average Bonchev–Trinajstić information content (AvgIpc) is 2.68. The molecule has 1 aliphatic heterocycles. The molecule has 1 amide bonds. The van der Waals surface area contributed by atoms with Crippen LogP contribution in [-0.4, -0.2) is 42.9 Å². The van der Waals surface area contributed by atoms with Crippen molar-refractivity contribution in [3.63, 3.8) is 0 Å². The van der Waals surface area contributed by atoms with Gasteiger partial charge >= 0.3 is 0 Å². The number of fused-ring (bicyclic) bond motifs is 1. The molecular formula is C22H32N2O3. The van der Waals surface area contributed by atoms with Crippen molar-refractivity contribution >= 4 is 11.6 Å². The predicted molar refractivity (Wildman–Crippen MR) is 108 cm³/mol. The van der Waals surface area contributed by atoms with Crippen LogP contribution >= 0.6 is 0 Å². The number of carbonyl (C=O) groups excluding carboxylic acids is 1. The van der Waals surface area contributed by atoms with Crippen LogP contribution < -0.4 is 15.0 Å². The van der Waals surface area contributed by atoms with Gasteiger partial charge in [-0.2, -0.15) is 0 Å². The molecule has 2 aliphatic rings. The SMILES string of the molecule is CC=CCN1C(=O)CCc2c(OCCCNC3CCCCC3O)cccc21. The van der Waals surface area contributed by atoms with Crippen molar-refractivity contribution in [3.05, 3.63) is 35.9 Å². The third kappa shape index (κ3) is 5.11. The molecule has 0 saturated heterocycles. The fourth-order valence-corrected chi connectivity index (χ4v) is 4.00. The summed E-state index contributed by atoms with van der Waals surface area (Å²) in [5.41, 5.74) is 2.11. The van der Waals surface area contributed by atoms with Gasteiger partial charge in [0.25, 0.3) is 0 Å². The second-order valence-electron chi connectivity index (χ2n) is 7.44. The van der Waals surface area contributed by atoms with Gasteiger partial charge in [-0.05, 0) is 51.3 Å². The number of nitrogens with one attached hydrogen (secondary N) is 1. The molecule has 148 valence electrons. The van der Waals surface area contributed by atoms with Gasteiger partial charge in [0.05, 0.1) is 18.4 Å². The number of anilines is 1. The summed E-state index contributed by atoms with van der Waals surface area (Å²) >= 11 is 0. The molecule has 1 fully saturated rings. The van der Waals surface area contributed by atoms with Crippen LogP contribution in [0.5, 0.6) is 5.75 Å². The van der Waals surface area contributed by atoms with Crippen molar-refractivity contribution < 1.29 is 14.6 Å². The van der Waals surface area contributed by atoms with Gasteiger partial charge in [0, 0.05) is 24.6 Å². The maximum atomic E-state index is 12.3. The number of hydrogen-bond acceptors (Lipinski definition) is 4. The number of aliphatic hydroxyl groups is 1. The van der Waals surface area contributed by atoms with Crippen LogP contribution in [0.2, 0.25) is 0 Å². The normalized spacial score (nSPS) is 22.9. The molecule has 2 unspecified atom stereocenters. The largest absolute Gasteiger partial charge is 0.493 e. The van der Waals surface area contributed by atoms with Crippen LogP contribution in [0.25, 0.3) is 0 Å². The Bertz CT molecular complexity index is 659. The van der Waals surface area contributed by atoms with Gasteiger partial charge in [-0.25, -0.2) is 0 Å². The van der Waals surface area contributed by atoms with E-state index in [4.69, 9.17) is 4.74 Å². The molecule has 1 heterocycles. The van der Waals surface area contributed by atoms with E-state index in [1.807, 2.05) is 42.2 Å². The van der Waals surface area contributed by atoms with E-state index in [0.29, 0.717) is 19.6 Å². The van der Waals surface area contributed by atoms with Crippen molar-refractivity contribution in [1.82, 2.24) is 5.32 Å². The fourth-order valence-electron chi connectivity index (χ4n) is 4.00. The Morgan fingerprint density at radius 2 is 2.15 bits per heavy atom. The Kier molecular flexibility index (Phi) is 7.30. The zero-order valence-electron chi connectivity index (χ0n) is 16.3. The predicted octanol–water partition coefficient (Wildman–Crippen LogP) is 3.20. The summed E-state index contributed by atoms with van der Waals surface area (Å²) in [6.45, 7) is 4.06. The number of amides is 1. The summed E-state index contributed by atoms with van der Waals surface area (Å²) in [6.07, 6.45) is 10.2. The number of hydrogen-bond donors (Lipinski definition) is 2. The summed E-state index contributed by atoms with van der Waals surface area (Å²) in [4.78, 5) is 14.1. The number of aliphatic hydroxyl groups excluding tert-OH is 1. The first kappa shape index (κ1) is 19.9. The van der Waals surface area contributed by atoms with Crippen LogP contribution in [0.15, 0.2) is 30.4 Å². The molecule has 2 N–H and O–H groups in total. The van der Waals surface area contributed by atoms with Crippen molar-refractivity contribution in [2.45, 2.75) is 64.0 Å². The number of benzene rings is 1. The van der Waals surface area contributed by atoms with E-state index in [-0.39, 0.29) is 18.1 Å². The Morgan fingerprint density at radius 3 is 2.96 bits per heavy atom. The van der Waals surface area contributed by atoms with E-state index >= 15 is 0 Å².